The fourth-order valence-corrected chi connectivity index (χ4v) is 5.32. The van der Waals surface area contributed by atoms with E-state index in [4.69, 9.17) is 16.6 Å². The third-order valence-corrected chi connectivity index (χ3v) is 7.81. The molecule has 0 bridgehead atoms. The van der Waals surface area contributed by atoms with Gasteiger partial charge in [0.05, 0.1) is 25.2 Å². The van der Waals surface area contributed by atoms with Crippen molar-refractivity contribution in [2.24, 2.45) is 17.4 Å². The summed E-state index contributed by atoms with van der Waals surface area (Å²) >= 11 is 0. The molecule has 1 aromatic rings. The maximum absolute atomic E-state index is 13.6. The fraction of sp³-hybridized carbons (Fsp3) is 0.600. The van der Waals surface area contributed by atoms with E-state index in [0.717, 1.165) is 4.90 Å². The van der Waals surface area contributed by atoms with Crippen LogP contribution in [0.25, 0.3) is 0 Å². The number of aliphatic carboxylic acids is 3. The van der Waals surface area contributed by atoms with Crippen LogP contribution in [0.15, 0.2) is 12.5 Å². The van der Waals surface area contributed by atoms with E-state index in [0.29, 0.717) is 12.1 Å². The first-order valence-corrected chi connectivity index (χ1v) is 16.1. The predicted octanol–water partition coefficient (Wildman–Crippen LogP) is -3.44. The molecule has 0 unspecified atom stereocenters. The van der Waals surface area contributed by atoms with E-state index in [2.05, 4.69) is 31.2 Å². The number of carboxylic acid groups (broad SMARTS) is 3. The molecule has 6 amide bonds. The zero-order valence-electron chi connectivity index (χ0n) is 28.1. The van der Waals surface area contributed by atoms with Gasteiger partial charge >= 0.3 is 17.9 Å². The van der Waals surface area contributed by atoms with Gasteiger partial charge in [0.1, 0.15) is 30.2 Å². The van der Waals surface area contributed by atoms with Crippen molar-refractivity contribution in [2.45, 2.75) is 101 Å². The zero-order valence-corrected chi connectivity index (χ0v) is 28.1. The minimum Gasteiger partial charge on any atom is -0.481 e. The zero-order chi connectivity index (χ0) is 38.4. The number of amides is 6. The highest BCUT2D eigenvalue weighted by Crippen LogP contribution is 2.19. The average Bonchev–Trinajstić information content (AvgIpc) is 3.73. The van der Waals surface area contributed by atoms with Gasteiger partial charge in [0.2, 0.25) is 35.4 Å². The van der Waals surface area contributed by atoms with E-state index in [1.54, 1.807) is 13.8 Å². The molecule has 12 N–H and O–H groups in total. The number of aromatic nitrogens is 2. The van der Waals surface area contributed by atoms with E-state index in [1.807, 2.05) is 0 Å². The number of carbonyl (C=O) groups excluding carboxylic acids is 6. The summed E-state index contributed by atoms with van der Waals surface area (Å²) in [4.78, 5) is 120. The molecule has 6 atom stereocenters. The average molecular weight is 724 g/mol. The number of nitrogens with zero attached hydrogens (tertiary/aromatic N) is 2. The molecule has 0 spiro atoms. The lowest BCUT2D eigenvalue weighted by Crippen LogP contribution is -2.60. The van der Waals surface area contributed by atoms with Gasteiger partial charge in [-0.05, 0) is 31.6 Å². The summed E-state index contributed by atoms with van der Waals surface area (Å²) in [5, 5.41) is 37.5. The summed E-state index contributed by atoms with van der Waals surface area (Å²) < 4.78 is 0. The molecule has 1 aliphatic heterocycles. The third-order valence-electron chi connectivity index (χ3n) is 7.81. The molecule has 1 fully saturated rings. The Hall–Kier alpha value is -5.60. The van der Waals surface area contributed by atoms with Crippen LogP contribution in [0, 0.1) is 5.92 Å². The minimum atomic E-state index is -1.67. The number of carbonyl (C=O) groups is 9. The second kappa shape index (κ2) is 19.6. The van der Waals surface area contributed by atoms with Gasteiger partial charge in [0.25, 0.3) is 0 Å². The second-order valence-electron chi connectivity index (χ2n) is 12.5. The van der Waals surface area contributed by atoms with Crippen LogP contribution >= 0.6 is 0 Å². The Kier molecular flexibility index (Phi) is 15.9. The highest BCUT2D eigenvalue weighted by atomic mass is 16.4. The minimum absolute atomic E-state index is 0.0303. The Morgan fingerprint density at radius 3 is 1.98 bits per heavy atom. The summed E-state index contributed by atoms with van der Waals surface area (Å²) in [7, 11) is 0. The standard InChI is InChI=1S/C30H45N9O12/c1-14(2)8-18(27(47)38-20(11-24(43)44)29(49)39-7-3-4-21(39)30(50)51)37-26(46)17(5-6-22(32)40)35-28(48)19(9-15-12-33-13-34-15)36-25(45)16(31)10-23(41)42/h12-14,16-21H,3-11,31H2,1-2H3,(H2,32,40)(H,33,34)(H,35,48)(H,36,45)(H,37,46)(H,38,47)(H,41,42)(H,43,44)(H,50,51)/t16-,17-,18-,19-,20-,21-/m0/s1. The van der Waals surface area contributed by atoms with Crippen molar-refractivity contribution in [3.63, 3.8) is 0 Å². The summed E-state index contributed by atoms with van der Waals surface area (Å²) in [6.07, 6.45) is 0.496. The van der Waals surface area contributed by atoms with E-state index in [1.165, 1.54) is 12.5 Å². The van der Waals surface area contributed by atoms with Gasteiger partial charge in [-0.25, -0.2) is 9.78 Å². The molecular weight excluding hydrogens is 678 g/mol. The molecule has 0 saturated carbocycles. The van der Waals surface area contributed by atoms with Crippen LogP contribution in [0.1, 0.15) is 64.5 Å². The molecule has 2 rings (SSSR count). The molecular formula is C30H45N9O12. The Morgan fingerprint density at radius 1 is 0.863 bits per heavy atom. The molecule has 51 heavy (non-hydrogen) atoms. The smallest absolute Gasteiger partial charge is 0.326 e. The highest BCUT2D eigenvalue weighted by molar-refractivity contribution is 5.97. The molecule has 1 aromatic heterocycles. The van der Waals surface area contributed by atoms with Gasteiger partial charge in [-0.3, -0.25) is 38.4 Å². The first-order chi connectivity index (χ1) is 23.9. The number of hydrogen-bond donors (Lipinski definition) is 10. The van der Waals surface area contributed by atoms with Crippen LogP contribution in [0.2, 0.25) is 0 Å². The largest absolute Gasteiger partial charge is 0.481 e. The lowest BCUT2D eigenvalue weighted by Gasteiger charge is -2.29. The van der Waals surface area contributed by atoms with E-state index >= 15 is 0 Å². The maximum Gasteiger partial charge on any atom is 0.326 e. The van der Waals surface area contributed by atoms with Gasteiger partial charge in [-0.1, -0.05) is 13.8 Å². The molecule has 1 aliphatic rings. The Bertz CT molecular complexity index is 1450. The number of nitrogens with two attached hydrogens (primary N) is 2. The van der Waals surface area contributed by atoms with Crippen molar-refractivity contribution in [3.8, 4) is 0 Å². The monoisotopic (exact) mass is 723 g/mol. The lowest BCUT2D eigenvalue weighted by molar-refractivity contribution is -0.150. The third kappa shape index (κ3) is 13.7. The SMILES string of the molecule is CC(C)C[C@H](NC(=O)[C@H](CCC(N)=O)NC(=O)[C@H](Cc1cnc[nH]1)NC(=O)[C@@H](N)CC(=O)O)C(=O)N[C@@H](CC(=O)O)C(=O)N1CCC[C@H]1C(=O)O. The van der Waals surface area contributed by atoms with Gasteiger partial charge < -0.3 is 57.9 Å². The van der Waals surface area contributed by atoms with E-state index in [-0.39, 0.29) is 38.1 Å². The summed E-state index contributed by atoms with van der Waals surface area (Å²) in [5.41, 5.74) is 11.3. The van der Waals surface area contributed by atoms with Crippen molar-refractivity contribution in [3.05, 3.63) is 18.2 Å². The Morgan fingerprint density at radius 2 is 1.43 bits per heavy atom. The van der Waals surface area contributed by atoms with Crippen molar-refractivity contribution >= 4 is 53.4 Å². The van der Waals surface area contributed by atoms with Crippen LogP contribution in [0.5, 0.6) is 0 Å². The summed E-state index contributed by atoms with van der Waals surface area (Å²) in [6.45, 7) is 3.44. The number of primary amides is 1. The quantitative estimate of drug-likeness (QED) is 0.0590. The molecule has 0 aliphatic carbocycles. The Balaban J connectivity index is 2.32. The number of rotatable bonds is 21. The number of nitrogens with one attached hydrogen (secondary N) is 5. The van der Waals surface area contributed by atoms with Gasteiger partial charge in [0, 0.05) is 31.3 Å². The summed E-state index contributed by atoms with van der Waals surface area (Å²) in [5.74, 6) is -10.0. The molecule has 0 radical (unpaired) electrons. The highest BCUT2D eigenvalue weighted by Gasteiger charge is 2.39. The molecule has 21 nitrogen and oxygen atoms in total. The number of imidazole rings is 1. The number of hydrogen-bond acceptors (Lipinski definition) is 11. The molecule has 2 heterocycles. The van der Waals surface area contributed by atoms with Crippen LogP contribution in [-0.4, -0.2) is 126 Å². The second-order valence-corrected chi connectivity index (χ2v) is 12.5. The van der Waals surface area contributed by atoms with Crippen molar-refractivity contribution in [1.82, 2.24) is 36.1 Å². The normalized spacial score (nSPS) is 16.9. The topological polar surface area (TPSA) is 346 Å². The van der Waals surface area contributed by atoms with Crippen LogP contribution in [0.3, 0.4) is 0 Å². The number of carboxylic acids is 3. The van der Waals surface area contributed by atoms with Gasteiger partial charge in [0.15, 0.2) is 0 Å². The van der Waals surface area contributed by atoms with Gasteiger partial charge in [-0.15, -0.1) is 0 Å². The molecule has 21 heteroatoms. The molecule has 1 saturated heterocycles. The van der Waals surface area contributed by atoms with Crippen LogP contribution < -0.4 is 32.7 Å². The van der Waals surface area contributed by atoms with Crippen LogP contribution in [0.4, 0.5) is 0 Å². The molecule has 0 aromatic carbocycles. The van der Waals surface area contributed by atoms with E-state index < -0.39 is 109 Å². The van der Waals surface area contributed by atoms with Crippen molar-refractivity contribution in [2.75, 3.05) is 6.54 Å². The van der Waals surface area contributed by atoms with E-state index in [9.17, 15) is 53.4 Å². The first-order valence-electron chi connectivity index (χ1n) is 16.1. The number of likely N-dealkylation sites (tertiary alicyclic amines) is 1. The first kappa shape index (κ1) is 41.6. The fourth-order valence-electron chi connectivity index (χ4n) is 5.32. The number of aromatic amines is 1. The van der Waals surface area contributed by atoms with Crippen molar-refractivity contribution in [1.29, 1.82) is 0 Å². The Labute approximate surface area is 291 Å². The van der Waals surface area contributed by atoms with Gasteiger partial charge in [-0.2, -0.15) is 0 Å². The number of H-pyrrole nitrogens is 1. The van der Waals surface area contributed by atoms with Crippen LogP contribution in [-0.2, 0) is 49.6 Å². The van der Waals surface area contributed by atoms with Crippen molar-refractivity contribution < 1.29 is 58.5 Å². The maximum atomic E-state index is 13.6. The summed E-state index contributed by atoms with van der Waals surface area (Å²) in [6, 6.07) is -8.77. The lowest BCUT2D eigenvalue weighted by atomic mass is 10.0. The predicted molar refractivity (Wildman–Crippen MR) is 173 cm³/mol. The molecule has 282 valence electrons.